The second-order valence-corrected chi connectivity index (χ2v) is 5.73. The number of hydrogen-bond donors (Lipinski definition) is 3. The van der Waals surface area contributed by atoms with Crippen LogP contribution in [0.3, 0.4) is 0 Å². The van der Waals surface area contributed by atoms with Crippen molar-refractivity contribution in [2.75, 3.05) is 11.5 Å². The number of nitrogens with one attached hydrogen (secondary N) is 1. The highest BCUT2D eigenvalue weighted by Gasteiger charge is 2.44. The van der Waals surface area contributed by atoms with Crippen molar-refractivity contribution in [3.05, 3.63) is 50.6 Å². The third-order valence-corrected chi connectivity index (χ3v) is 3.98. The van der Waals surface area contributed by atoms with E-state index in [0.29, 0.717) is 0 Å². The van der Waals surface area contributed by atoms with E-state index >= 15 is 0 Å². The molecule has 0 aliphatic heterocycles. The predicted molar refractivity (Wildman–Crippen MR) is 99.4 cm³/mol. The van der Waals surface area contributed by atoms with Crippen LogP contribution in [-0.2, 0) is 0 Å². The summed E-state index contributed by atoms with van der Waals surface area (Å²) >= 11 is 0. The van der Waals surface area contributed by atoms with Gasteiger partial charge in [-0.2, -0.15) is 4.98 Å². The van der Waals surface area contributed by atoms with E-state index in [1.807, 2.05) is 0 Å². The molecule has 170 valence electrons. The first-order chi connectivity index (χ1) is 15.4. The molecule has 0 amide bonds. The van der Waals surface area contributed by atoms with Crippen molar-refractivity contribution in [1.29, 1.82) is 0 Å². The van der Waals surface area contributed by atoms with Gasteiger partial charge in [-0.25, -0.2) is 0 Å². The molecule has 0 fully saturated rings. The summed E-state index contributed by atoms with van der Waals surface area (Å²) in [7, 11) is 0. The van der Waals surface area contributed by atoms with E-state index in [1.165, 1.54) is 0 Å². The van der Waals surface area contributed by atoms with E-state index in [-0.39, 0.29) is 0 Å². The first kappa shape index (κ1) is 21.9. The molecular formula is C11H5N11O11. The third kappa shape index (κ3) is 3.29. The Morgan fingerprint density at radius 3 is 1.64 bits per heavy atom. The van der Waals surface area contributed by atoms with Crippen molar-refractivity contribution >= 4 is 39.9 Å². The van der Waals surface area contributed by atoms with Gasteiger partial charge in [0.1, 0.15) is 0 Å². The number of nitro groups is 5. The van der Waals surface area contributed by atoms with Gasteiger partial charge in [-0.1, -0.05) is 10.3 Å². The summed E-state index contributed by atoms with van der Waals surface area (Å²) in [6.45, 7) is 0. The lowest BCUT2D eigenvalue weighted by molar-refractivity contribution is -0.424. The highest BCUT2D eigenvalue weighted by atomic mass is 16.6. The molecule has 2 heterocycles. The molecule has 0 atom stereocenters. The first-order valence-electron chi connectivity index (χ1n) is 7.78. The largest absolute Gasteiger partial charge is 0.422 e. The van der Waals surface area contributed by atoms with Crippen LogP contribution in [0.2, 0.25) is 0 Å². The Morgan fingerprint density at radius 2 is 1.21 bits per heavy atom. The van der Waals surface area contributed by atoms with Gasteiger partial charge in [-0.15, -0.1) is 5.10 Å². The summed E-state index contributed by atoms with van der Waals surface area (Å²) in [6.07, 6.45) is 0. The Labute approximate surface area is 175 Å². The van der Waals surface area contributed by atoms with Gasteiger partial charge in [-0.05, 0) is 4.92 Å². The zero-order valence-corrected chi connectivity index (χ0v) is 15.2. The summed E-state index contributed by atoms with van der Waals surface area (Å²) in [5.74, 6) is -3.07. The molecule has 0 aliphatic rings. The Balaban J connectivity index is 2.37. The van der Waals surface area contributed by atoms with Gasteiger partial charge in [-0.3, -0.25) is 40.5 Å². The number of nitro benzene ring substituents is 3. The molecule has 0 radical (unpaired) electrons. The molecule has 3 rings (SSSR count). The summed E-state index contributed by atoms with van der Waals surface area (Å²) in [4.78, 5) is 53.7. The van der Waals surface area contributed by atoms with E-state index < -0.39 is 87.5 Å². The minimum absolute atomic E-state index is 0.847. The van der Waals surface area contributed by atoms with Crippen LogP contribution < -0.4 is 11.5 Å². The predicted octanol–water partition coefficient (Wildman–Crippen LogP) is 0.832. The fourth-order valence-corrected chi connectivity index (χ4v) is 2.73. The summed E-state index contributed by atoms with van der Waals surface area (Å²) in [6, 6.07) is 0. The number of anilines is 2. The highest BCUT2D eigenvalue weighted by molar-refractivity contribution is 5.99. The van der Waals surface area contributed by atoms with Crippen LogP contribution in [0, 0.1) is 50.6 Å². The van der Waals surface area contributed by atoms with Crippen molar-refractivity contribution in [2.45, 2.75) is 0 Å². The molecule has 22 nitrogen and oxygen atoms in total. The van der Waals surface area contributed by atoms with E-state index in [4.69, 9.17) is 16.0 Å². The topological polar surface area (TPSA) is 335 Å². The SMILES string of the molecule is Nc1c([N+](=O)[O-])c(N)c([N+](=O)[O-])c(-c2nc(-c3n[nH]c([N+](=O)[O-])c3[N+](=O)[O-])no2)c1[N+](=O)[O-]. The Morgan fingerprint density at radius 1 is 0.727 bits per heavy atom. The van der Waals surface area contributed by atoms with Crippen LogP contribution in [0.5, 0.6) is 0 Å². The number of aromatic amines is 1. The van der Waals surface area contributed by atoms with Crippen molar-refractivity contribution in [1.82, 2.24) is 20.3 Å². The maximum atomic E-state index is 11.5. The number of rotatable bonds is 7. The second kappa shape index (κ2) is 7.45. The van der Waals surface area contributed by atoms with Crippen LogP contribution in [0.4, 0.5) is 39.9 Å². The maximum absolute atomic E-state index is 11.5. The molecule has 22 heteroatoms. The van der Waals surface area contributed by atoms with Gasteiger partial charge < -0.3 is 26.1 Å². The minimum atomic E-state index is -1.39. The Kier molecular flexibility index (Phi) is 4.94. The van der Waals surface area contributed by atoms with Crippen LogP contribution in [-0.4, -0.2) is 45.0 Å². The van der Waals surface area contributed by atoms with Crippen LogP contribution in [0.15, 0.2) is 4.52 Å². The average Bonchev–Trinajstić information content (AvgIpc) is 3.33. The van der Waals surface area contributed by atoms with E-state index in [9.17, 15) is 50.6 Å². The Hall–Kier alpha value is -5.83. The molecule has 5 N–H and O–H groups in total. The second-order valence-electron chi connectivity index (χ2n) is 5.73. The minimum Gasteiger partial charge on any atom is -0.387 e. The quantitative estimate of drug-likeness (QED) is 0.246. The first-order valence-corrected chi connectivity index (χ1v) is 7.78. The lowest BCUT2D eigenvalue weighted by Crippen LogP contribution is -2.09. The lowest BCUT2D eigenvalue weighted by Gasteiger charge is -2.07. The molecule has 0 unspecified atom stereocenters. The van der Waals surface area contributed by atoms with Crippen molar-refractivity contribution in [3.63, 3.8) is 0 Å². The van der Waals surface area contributed by atoms with E-state index in [2.05, 4.69) is 15.2 Å². The molecule has 1 aromatic carbocycles. The van der Waals surface area contributed by atoms with Crippen LogP contribution >= 0.6 is 0 Å². The molecule has 3 aromatic rings. The smallest absolute Gasteiger partial charge is 0.387 e. The monoisotopic (exact) mass is 467 g/mol. The zero-order valence-electron chi connectivity index (χ0n) is 15.2. The summed E-state index contributed by atoms with van der Waals surface area (Å²) in [5, 5.41) is 64.8. The molecule has 2 aromatic heterocycles. The summed E-state index contributed by atoms with van der Waals surface area (Å²) < 4.78 is 4.70. The van der Waals surface area contributed by atoms with Gasteiger partial charge in [0.25, 0.3) is 5.89 Å². The Bertz CT molecular complexity index is 1350. The number of nitrogens with zero attached hydrogens (tertiary/aromatic N) is 8. The number of benzene rings is 1. The number of hydrogen-bond acceptors (Lipinski definition) is 16. The van der Waals surface area contributed by atoms with E-state index in [0.717, 1.165) is 0 Å². The number of nitrogens with two attached hydrogens (primary N) is 2. The molecular weight excluding hydrogens is 462 g/mol. The highest BCUT2D eigenvalue weighted by Crippen LogP contribution is 2.51. The van der Waals surface area contributed by atoms with Gasteiger partial charge in [0.15, 0.2) is 16.9 Å². The van der Waals surface area contributed by atoms with Crippen molar-refractivity contribution in [3.8, 4) is 23.0 Å². The van der Waals surface area contributed by atoms with Gasteiger partial charge >= 0.3 is 28.6 Å². The third-order valence-electron chi connectivity index (χ3n) is 3.98. The standard InChI is InChI=1S/C11H5N11O11/c12-2-5(18(23)24)1(6(19(25)26)3(13)7(2)20(27)28)11-14-9(17-33-11)4-8(21(29)30)10(16-15-4)22(31)32/h12-13H2,(H,15,16). The number of H-pyrrole nitrogens is 1. The van der Waals surface area contributed by atoms with Crippen molar-refractivity contribution in [2.24, 2.45) is 0 Å². The van der Waals surface area contributed by atoms with Crippen molar-refractivity contribution < 1.29 is 29.1 Å². The molecule has 0 saturated carbocycles. The molecule has 0 bridgehead atoms. The van der Waals surface area contributed by atoms with Gasteiger partial charge in [0.05, 0.1) is 19.7 Å². The number of nitrogen functional groups attached to an aromatic ring is 2. The zero-order chi connectivity index (χ0) is 24.8. The fourth-order valence-electron chi connectivity index (χ4n) is 2.73. The lowest BCUT2D eigenvalue weighted by atomic mass is 10.0. The van der Waals surface area contributed by atoms with Gasteiger partial charge in [0, 0.05) is 0 Å². The fraction of sp³-hybridized carbons (Fsp3) is 0. The van der Waals surface area contributed by atoms with Crippen LogP contribution in [0.25, 0.3) is 23.0 Å². The summed E-state index contributed by atoms with van der Waals surface area (Å²) in [5.41, 5.74) is 1.25. The van der Waals surface area contributed by atoms with E-state index in [1.54, 1.807) is 5.10 Å². The maximum Gasteiger partial charge on any atom is 0.422 e. The molecule has 0 spiro atoms. The van der Waals surface area contributed by atoms with Crippen LogP contribution in [0.1, 0.15) is 0 Å². The van der Waals surface area contributed by atoms with Gasteiger partial charge in [0.2, 0.25) is 11.5 Å². The molecule has 0 aliphatic carbocycles. The molecule has 33 heavy (non-hydrogen) atoms. The normalized spacial score (nSPS) is 10.7. The number of aromatic nitrogens is 4. The average molecular weight is 467 g/mol. The molecule has 0 saturated heterocycles.